The summed E-state index contributed by atoms with van der Waals surface area (Å²) in [4.78, 5) is 16.0. The maximum Gasteiger partial charge on any atom is 0.287 e. The molecule has 4 heteroatoms. The van der Waals surface area contributed by atoms with Crippen LogP contribution in [0.1, 0.15) is 16.1 Å². The molecule has 0 aliphatic carbocycles. The summed E-state index contributed by atoms with van der Waals surface area (Å²) >= 11 is 0. The van der Waals surface area contributed by atoms with Crippen molar-refractivity contribution in [2.75, 3.05) is 0 Å². The molecule has 0 radical (unpaired) electrons. The minimum Gasteiger partial charge on any atom is -0.451 e. The van der Waals surface area contributed by atoms with Crippen molar-refractivity contribution in [3.05, 3.63) is 78.3 Å². The second-order valence-corrected chi connectivity index (χ2v) is 4.57. The number of carbonyl (C=O) groups excluding carboxylic acids is 1. The van der Waals surface area contributed by atoms with Crippen LogP contribution in [-0.2, 0) is 6.54 Å². The Labute approximate surface area is 122 Å². The van der Waals surface area contributed by atoms with Crippen molar-refractivity contribution in [1.82, 2.24) is 10.3 Å². The normalized spacial score (nSPS) is 10.3. The fourth-order valence-electron chi connectivity index (χ4n) is 2.00. The van der Waals surface area contributed by atoms with Crippen molar-refractivity contribution in [3.8, 4) is 11.3 Å². The number of benzene rings is 1. The molecule has 0 aliphatic rings. The molecule has 3 aromatic rings. The Morgan fingerprint density at radius 3 is 2.52 bits per heavy atom. The van der Waals surface area contributed by atoms with Gasteiger partial charge >= 0.3 is 0 Å². The van der Waals surface area contributed by atoms with Crippen LogP contribution < -0.4 is 5.32 Å². The molecule has 21 heavy (non-hydrogen) atoms. The van der Waals surface area contributed by atoms with Crippen LogP contribution in [0, 0.1) is 0 Å². The molecule has 0 fully saturated rings. The summed E-state index contributed by atoms with van der Waals surface area (Å²) in [6.45, 7) is 0.477. The van der Waals surface area contributed by atoms with E-state index in [1.54, 1.807) is 24.5 Å². The van der Waals surface area contributed by atoms with Crippen LogP contribution in [0.25, 0.3) is 11.3 Å². The van der Waals surface area contributed by atoms with Gasteiger partial charge in [-0.1, -0.05) is 30.3 Å². The Kier molecular flexibility index (Phi) is 3.78. The number of nitrogens with one attached hydrogen (secondary N) is 1. The summed E-state index contributed by atoms with van der Waals surface area (Å²) in [7, 11) is 0. The van der Waals surface area contributed by atoms with Gasteiger partial charge in [-0.3, -0.25) is 9.78 Å². The van der Waals surface area contributed by atoms with E-state index in [1.807, 2.05) is 42.5 Å². The van der Waals surface area contributed by atoms with Crippen molar-refractivity contribution in [1.29, 1.82) is 0 Å². The summed E-state index contributed by atoms with van der Waals surface area (Å²) in [5.74, 6) is 0.735. The van der Waals surface area contributed by atoms with Crippen molar-refractivity contribution in [3.63, 3.8) is 0 Å². The highest BCUT2D eigenvalue weighted by molar-refractivity contribution is 5.92. The highest BCUT2D eigenvalue weighted by Crippen LogP contribution is 2.21. The molecule has 4 nitrogen and oxygen atoms in total. The number of furan rings is 1. The van der Waals surface area contributed by atoms with Crippen LogP contribution in [0.3, 0.4) is 0 Å². The topological polar surface area (TPSA) is 55.1 Å². The first kappa shape index (κ1) is 13.1. The molecule has 0 unspecified atom stereocenters. The van der Waals surface area contributed by atoms with Gasteiger partial charge in [-0.25, -0.2) is 0 Å². The molecular weight excluding hydrogens is 264 g/mol. The minimum atomic E-state index is -0.223. The Hall–Kier alpha value is -2.88. The number of hydrogen-bond acceptors (Lipinski definition) is 3. The maximum absolute atomic E-state index is 12.0. The average molecular weight is 278 g/mol. The number of nitrogens with zero attached hydrogens (tertiary/aromatic N) is 1. The third kappa shape index (κ3) is 3.17. The lowest BCUT2D eigenvalue weighted by atomic mass is 10.2. The van der Waals surface area contributed by atoms with Crippen LogP contribution >= 0.6 is 0 Å². The Bertz CT molecular complexity index is 721. The van der Waals surface area contributed by atoms with Gasteiger partial charge in [0.1, 0.15) is 5.76 Å². The zero-order valence-corrected chi connectivity index (χ0v) is 11.3. The lowest BCUT2D eigenvalue weighted by molar-refractivity contribution is 0.0924. The summed E-state index contributed by atoms with van der Waals surface area (Å²) in [5.41, 5.74) is 1.94. The van der Waals surface area contributed by atoms with Gasteiger partial charge < -0.3 is 9.73 Å². The molecule has 1 N–H and O–H groups in total. The van der Waals surface area contributed by atoms with Crippen molar-refractivity contribution in [2.45, 2.75) is 6.54 Å². The molecule has 0 bridgehead atoms. The number of hydrogen-bond donors (Lipinski definition) is 1. The molecule has 0 aliphatic heterocycles. The largest absolute Gasteiger partial charge is 0.451 e. The number of carbonyl (C=O) groups is 1. The van der Waals surface area contributed by atoms with Gasteiger partial charge in [0, 0.05) is 24.5 Å². The van der Waals surface area contributed by atoms with Gasteiger partial charge in [-0.15, -0.1) is 0 Å². The predicted octanol–water partition coefficient (Wildman–Crippen LogP) is 3.27. The number of amides is 1. The van der Waals surface area contributed by atoms with E-state index in [0.29, 0.717) is 18.1 Å². The van der Waals surface area contributed by atoms with E-state index < -0.39 is 0 Å². The quantitative estimate of drug-likeness (QED) is 0.797. The second kappa shape index (κ2) is 6.05. The zero-order valence-electron chi connectivity index (χ0n) is 11.3. The van der Waals surface area contributed by atoms with Gasteiger partial charge in [-0.2, -0.15) is 0 Å². The van der Waals surface area contributed by atoms with Crippen LogP contribution in [0.2, 0.25) is 0 Å². The first-order valence-corrected chi connectivity index (χ1v) is 6.65. The monoisotopic (exact) mass is 278 g/mol. The van der Waals surface area contributed by atoms with Crippen molar-refractivity contribution >= 4 is 5.91 Å². The molecule has 0 atom stereocenters. The van der Waals surface area contributed by atoms with Crippen LogP contribution in [0.5, 0.6) is 0 Å². The van der Waals surface area contributed by atoms with Gasteiger partial charge in [0.05, 0.1) is 0 Å². The molecular formula is C17H14N2O2. The molecule has 104 valence electrons. The first-order valence-electron chi connectivity index (χ1n) is 6.65. The Morgan fingerprint density at radius 1 is 1.00 bits per heavy atom. The van der Waals surface area contributed by atoms with E-state index in [4.69, 9.17) is 4.42 Å². The highest BCUT2D eigenvalue weighted by Gasteiger charge is 2.11. The Morgan fingerprint density at radius 2 is 1.76 bits per heavy atom. The molecule has 0 spiro atoms. The molecule has 2 aromatic heterocycles. The molecule has 1 aromatic carbocycles. The molecule has 1 amide bonds. The van der Waals surface area contributed by atoms with E-state index in [1.165, 1.54) is 0 Å². The smallest absolute Gasteiger partial charge is 0.287 e. The highest BCUT2D eigenvalue weighted by atomic mass is 16.3. The third-order valence-electron chi connectivity index (χ3n) is 3.09. The first-order chi connectivity index (χ1) is 10.3. The van der Waals surface area contributed by atoms with E-state index >= 15 is 0 Å². The summed E-state index contributed by atoms with van der Waals surface area (Å²) in [6.07, 6.45) is 3.38. The predicted molar refractivity (Wildman–Crippen MR) is 79.6 cm³/mol. The molecule has 0 saturated carbocycles. The number of pyridine rings is 1. The van der Waals surface area contributed by atoms with E-state index in [0.717, 1.165) is 11.1 Å². The Balaban J connectivity index is 1.67. The van der Waals surface area contributed by atoms with E-state index in [9.17, 15) is 4.79 Å². The minimum absolute atomic E-state index is 0.223. The average Bonchev–Trinajstić information content (AvgIpc) is 3.04. The lowest BCUT2D eigenvalue weighted by Crippen LogP contribution is -2.22. The van der Waals surface area contributed by atoms with E-state index in [2.05, 4.69) is 10.3 Å². The SMILES string of the molecule is O=C(NCc1ccccc1)c1ccc(-c2ccncc2)o1. The zero-order chi connectivity index (χ0) is 14.5. The van der Waals surface area contributed by atoms with Gasteiger partial charge in [0.15, 0.2) is 5.76 Å². The molecule has 2 heterocycles. The maximum atomic E-state index is 12.0. The summed E-state index contributed by atoms with van der Waals surface area (Å²) < 4.78 is 5.58. The van der Waals surface area contributed by atoms with Gasteiger partial charge in [0.2, 0.25) is 0 Å². The lowest BCUT2D eigenvalue weighted by Gasteiger charge is -2.03. The van der Waals surface area contributed by atoms with Gasteiger partial charge in [0.25, 0.3) is 5.91 Å². The van der Waals surface area contributed by atoms with Crippen molar-refractivity contribution < 1.29 is 9.21 Å². The third-order valence-corrected chi connectivity index (χ3v) is 3.09. The van der Waals surface area contributed by atoms with Crippen LogP contribution in [0.15, 0.2) is 71.4 Å². The standard InChI is InChI=1S/C17H14N2O2/c20-17(19-12-13-4-2-1-3-5-13)16-7-6-15(21-16)14-8-10-18-11-9-14/h1-11H,12H2,(H,19,20). The van der Waals surface area contributed by atoms with Crippen molar-refractivity contribution in [2.24, 2.45) is 0 Å². The molecule has 0 saturated heterocycles. The van der Waals surface area contributed by atoms with Crippen LogP contribution in [0.4, 0.5) is 0 Å². The van der Waals surface area contributed by atoms with Gasteiger partial charge in [-0.05, 0) is 29.8 Å². The van der Waals surface area contributed by atoms with E-state index in [-0.39, 0.29) is 5.91 Å². The van der Waals surface area contributed by atoms with Crippen LogP contribution in [-0.4, -0.2) is 10.9 Å². The number of rotatable bonds is 4. The second-order valence-electron chi connectivity index (χ2n) is 4.57. The number of aromatic nitrogens is 1. The molecule has 3 rings (SSSR count). The summed E-state index contributed by atoms with van der Waals surface area (Å²) in [6, 6.07) is 16.9. The summed E-state index contributed by atoms with van der Waals surface area (Å²) in [5, 5.41) is 2.83. The fourth-order valence-corrected chi connectivity index (χ4v) is 2.00. The fraction of sp³-hybridized carbons (Fsp3) is 0.0588.